The zero-order chi connectivity index (χ0) is 13.1. The number of nitrogens with zero attached hydrogens (tertiary/aromatic N) is 3. The van der Waals surface area contributed by atoms with E-state index in [4.69, 9.17) is 0 Å². The highest BCUT2D eigenvalue weighted by Gasteiger charge is 2.14. The van der Waals surface area contributed by atoms with E-state index >= 15 is 0 Å². The van der Waals surface area contributed by atoms with Gasteiger partial charge in [0.1, 0.15) is 5.82 Å². The molecule has 6 heteroatoms. The number of imidazole rings is 1. The molecule has 2 heterocycles. The molecule has 1 N–H and O–H groups in total. The lowest BCUT2D eigenvalue weighted by Crippen LogP contribution is -2.06. The first kappa shape index (κ1) is 13.7. The van der Waals surface area contributed by atoms with Crippen molar-refractivity contribution in [1.29, 1.82) is 0 Å². The van der Waals surface area contributed by atoms with Crippen molar-refractivity contribution in [3.8, 4) is 0 Å². The van der Waals surface area contributed by atoms with Gasteiger partial charge >= 0.3 is 0 Å². The molecule has 2 aromatic heterocycles. The van der Waals surface area contributed by atoms with Gasteiger partial charge in [0.2, 0.25) is 0 Å². The van der Waals surface area contributed by atoms with Gasteiger partial charge in [-0.1, -0.05) is 0 Å². The van der Waals surface area contributed by atoms with Crippen molar-refractivity contribution in [3.05, 3.63) is 45.1 Å². The molecule has 0 fully saturated rings. The van der Waals surface area contributed by atoms with E-state index in [-0.39, 0.29) is 0 Å². The molecule has 2 aromatic rings. The van der Waals surface area contributed by atoms with E-state index in [1.54, 1.807) is 12.4 Å². The van der Waals surface area contributed by atoms with Crippen LogP contribution in [0, 0.1) is 0 Å². The van der Waals surface area contributed by atoms with Crippen LogP contribution >= 0.6 is 31.9 Å². The summed E-state index contributed by atoms with van der Waals surface area (Å²) in [6.07, 6.45) is 6.06. The molecule has 18 heavy (non-hydrogen) atoms. The molecule has 0 amide bonds. The average Bonchev–Trinajstić information content (AvgIpc) is 2.72. The summed E-state index contributed by atoms with van der Waals surface area (Å²) >= 11 is 6.75. The van der Waals surface area contributed by atoms with Gasteiger partial charge in [0, 0.05) is 41.0 Å². The van der Waals surface area contributed by atoms with Crippen LogP contribution in [0.15, 0.2) is 33.6 Å². The fourth-order valence-corrected chi connectivity index (χ4v) is 2.96. The molecule has 0 aromatic carbocycles. The van der Waals surface area contributed by atoms with Gasteiger partial charge in [0.05, 0.1) is 11.8 Å². The quantitative estimate of drug-likeness (QED) is 0.894. The topological polar surface area (TPSA) is 50.9 Å². The van der Waals surface area contributed by atoms with Crippen LogP contribution < -0.4 is 0 Å². The van der Waals surface area contributed by atoms with Crippen LogP contribution in [-0.2, 0) is 13.5 Å². The zero-order valence-electron chi connectivity index (χ0n) is 9.85. The first-order valence-corrected chi connectivity index (χ1v) is 7.11. The molecule has 0 aliphatic heterocycles. The monoisotopic (exact) mass is 373 g/mol. The number of halogens is 2. The van der Waals surface area contributed by atoms with Crippen molar-refractivity contribution in [1.82, 2.24) is 14.5 Å². The van der Waals surface area contributed by atoms with Gasteiger partial charge in [-0.2, -0.15) is 0 Å². The van der Waals surface area contributed by atoms with Gasteiger partial charge in [-0.3, -0.25) is 4.98 Å². The second-order valence-electron chi connectivity index (χ2n) is 4.03. The molecule has 0 radical (unpaired) electrons. The van der Waals surface area contributed by atoms with E-state index in [0.717, 1.165) is 21.2 Å². The normalized spacial score (nSPS) is 12.7. The maximum Gasteiger partial charge on any atom is 0.108 e. The Morgan fingerprint density at radius 2 is 2.17 bits per heavy atom. The van der Waals surface area contributed by atoms with Gasteiger partial charge in [-0.15, -0.1) is 0 Å². The number of aromatic nitrogens is 3. The first-order chi connectivity index (χ1) is 8.58. The van der Waals surface area contributed by atoms with Crippen LogP contribution in [0.3, 0.4) is 0 Å². The summed E-state index contributed by atoms with van der Waals surface area (Å²) in [5, 5.41) is 10.1. The fraction of sp³-hybridized carbons (Fsp3) is 0.333. The van der Waals surface area contributed by atoms with Crippen LogP contribution in [-0.4, -0.2) is 19.6 Å². The third-order valence-electron chi connectivity index (χ3n) is 2.71. The molecule has 4 nitrogen and oxygen atoms in total. The largest absolute Gasteiger partial charge is 0.387 e. The lowest BCUT2D eigenvalue weighted by atomic mass is 10.1. The van der Waals surface area contributed by atoms with E-state index in [1.807, 2.05) is 23.9 Å². The molecule has 0 saturated heterocycles. The average molecular weight is 375 g/mol. The number of hydrogen-bond donors (Lipinski definition) is 1. The Balaban J connectivity index is 2.03. The van der Waals surface area contributed by atoms with E-state index in [2.05, 4.69) is 41.8 Å². The van der Waals surface area contributed by atoms with Crippen molar-refractivity contribution >= 4 is 31.9 Å². The summed E-state index contributed by atoms with van der Waals surface area (Å²) in [5.74, 6) is 0.960. The second-order valence-corrected chi connectivity index (χ2v) is 5.80. The van der Waals surface area contributed by atoms with Crippen LogP contribution in [0.4, 0.5) is 0 Å². The molecule has 1 unspecified atom stereocenters. The van der Waals surface area contributed by atoms with E-state index in [0.29, 0.717) is 12.1 Å². The summed E-state index contributed by atoms with van der Waals surface area (Å²) in [5.41, 5.74) is 0.660. The van der Waals surface area contributed by atoms with Crippen molar-refractivity contribution in [2.45, 2.75) is 18.9 Å². The SMILES string of the molecule is Cn1ccnc1CCC(O)c1ncc(Br)cc1Br. The zero-order valence-corrected chi connectivity index (χ0v) is 13.0. The highest BCUT2D eigenvalue weighted by atomic mass is 79.9. The third-order valence-corrected chi connectivity index (χ3v) is 3.78. The van der Waals surface area contributed by atoms with Crippen molar-refractivity contribution < 1.29 is 5.11 Å². The third kappa shape index (κ3) is 3.18. The summed E-state index contributed by atoms with van der Waals surface area (Å²) < 4.78 is 3.65. The Labute approximate surface area is 122 Å². The predicted octanol–water partition coefficient (Wildman–Crippen LogP) is 3.01. The van der Waals surface area contributed by atoms with Crippen molar-refractivity contribution in [3.63, 3.8) is 0 Å². The summed E-state index contributed by atoms with van der Waals surface area (Å²) in [7, 11) is 1.95. The number of aliphatic hydroxyl groups excluding tert-OH is 1. The number of hydrogen-bond acceptors (Lipinski definition) is 3. The maximum atomic E-state index is 10.1. The predicted molar refractivity (Wildman–Crippen MR) is 76.1 cm³/mol. The number of rotatable bonds is 4. The van der Waals surface area contributed by atoms with Gasteiger partial charge in [0.15, 0.2) is 0 Å². The van der Waals surface area contributed by atoms with Crippen molar-refractivity contribution in [2.24, 2.45) is 7.05 Å². The molecule has 0 spiro atoms. The minimum absolute atomic E-state index is 0.593. The summed E-state index contributed by atoms with van der Waals surface area (Å²) in [6, 6.07) is 1.88. The number of pyridine rings is 1. The van der Waals surface area contributed by atoms with Crippen LogP contribution in [0.1, 0.15) is 24.0 Å². The molecular weight excluding hydrogens is 362 g/mol. The van der Waals surface area contributed by atoms with Gasteiger partial charge in [-0.05, 0) is 44.3 Å². The maximum absolute atomic E-state index is 10.1. The molecule has 96 valence electrons. The Kier molecular flexibility index (Phi) is 4.53. The standard InChI is InChI=1S/C12H13Br2N3O/c1-17-5-4-15-11(17)3-2-10(18)12-9(14)6-8(13)7-16-12/h4-7,10,18H,2-3H2,1H3. The van der Waals surface area contributed by atoms with Crippen molar-refractivity contribution in [2.75, 3.05) is 0 Å². The smallest absolute Gasteiger partial charge is 0.108 e. The Morgan fingerprint density at radius 3 is 2.78 bits per heavy atom. The lowest BCUT2D eigenvalue weighted by molar-refractivity contribution is 0.161. The van der Waals surface area contributed by atoms with Crippen LogP contribution in [0.5, 0.6) is 0 Å². The summed E-state index contributed by atoms with van der Waals surface area (Å²) in [4.78, 5) is 8.46. The van der Waals surface area contributed by atoms with Gasteiger partial charge in [0.25, 0.3) is 0 Å². The van der Waals surface area contributed by atoms with E-state index in [1.165, 1.54) is 0 Å². The van der Waals surface area contributed by atoms with E-state index < -0.39 is 6.10 Å². The molecule has 2 rings (SSSR count). The number of aryl methyl sites for hydroxylation is 2. The fourth-order valence-electron chi connectivity index (χ4n) is 1.71. The Morgan fingerprint density at radius 1 is 1.39 bits per heavy atom. The van der Waals surface area contributed by atoms with Gasteiger partial charge in [-0.25, -0.2) is 4.98 Å². The lowest BCUT2D eigenvalue weighted by Gasteiger charge is -2.11. The van der Waals surface area contributed by atoms with E-state index in [9.17, 15) is 5.11 Å². The Hall–Kier alpha value is -0.720. The van der Waals surface area contributed by atoms with Crippen LogP contribution in [0.25, 0.3) is 0 Å². The molecule has 0 aliphatic rings. The molecule has 0 aliphatic carbocycles. The molecular formula is C12H13Br2N3O. The summed E-state index contributed by atoms with van der Waals surface area (Å²) in [6.45, 7) is 0. The second kappa shape index (κ2) is 5.95. The highest BCUT2D eigenvalue weighted by molar-refractivity contribution is 9.11. The van der Waals surface area contributed by atoms with Gasteiger partial charge < -0.3 is 9.67 Å². The minimum Gasteiger partial charge on any atom is -0.387 e. The molecule has 0 saturated carbocycles. The highest BCUT2D eigenvalue weighted by Crippen LogP contribution is 2.26. The minimum atomic E-state index is -0.593. The number of aliphatic hydroxyl groups is 1. The first-order valence-electron chi connectivity index (χ1n) is 5.53. The molecule has 1 atom stereocenters. The van der Waals surface area contributed by atoms with Crippen LogP contribution in [0.2, 0.25) is 0 Å². The molecule has 0 bridgehead atoms. The Bertz CT molecular complexity index is 542.